The molecule has 9 aromatic carbocycles. The van der Waals surface area contributed by atoms with E-state index in [0.717, 1.165) is 35.2 Å². The van der Waals surface area contributed by atoms with Crippen molar-refractivity contribution in [1.82, 2.24) is 19.5 Å². The molecule has 65 heavy (non-hydrogen) atoms. The van der Waals surface area contributed by atoms with Gasteiger partial charge < -0.3 is 4.57 Å². The lowest BCUT2D eigenvalue weighted by Crippen LogP contribution is -2.01. The third-order valence-electron chi connectivity index (χ3n) is 13.3. The van der Waals surface area contributed by atoms with Crippen LogP contribution in [-0.4, -0.2) is 19.5 Å². The van der Waals surface area contributed by atoms with Gasteiger partial charge >= 0.3 is 0 Å². The van der Waals surface area contributed by atoms with Crippen LogP contribution in [0.2, 0.25) is 0 Å². The van der Waals surface area contributed by atoms with Gasteiger partial charge in [-0.1, -0.05) is 170 Å². The highest BCUT2D eigenvalue weighted by atomic mass is 32.1. The first kappa shape index (κ1) is 37.6. The van der Waals surface area contributed by atoms with Crippen molar-refractivity contribution >= 4 is 53.3 Å². The summed E-state index contributed by atoms with van der Waals surface area (Å²) in [6.07, 6.45) is 1.96. The Morgan fingerprint density at radius 3 is 1.78 bits per heavy atom. The van der Waals surface area contributed by atoms with E-state index in [9.17, 15) is 0 Å². The summed E-state index contributed by atoms with van der Waals surface area (Å²) in [5, 5.41) is 5.10. The zero-order chi connectivity index (χ0) is 42.8. The number of aromatic nitrogens is 4. The molecule has 13 rings (SSSR count). The Balaban J connectivity index is 0.949. The van der Waals surface area contributed by atoms with E-state index in [2.05, 4.69) is 180 Å². The number of hydrogen-bond donors (Lipinski definition) is 0. The van der Waals surface area contributed by atoms with E-state index in [0.29, 0.717) is 23.4 Å². The maximum absolute atomic E-state index is 5.11. The third kappa shape index (κ3) is 6.46. The Bertz CT molecular complexity index is 3720. The van der Waals surface area contributed by atoms with Crippen LogP contribution in [0.1, 0.15) is 29.0 Å². The summed E-state index contributed by atoms with van der Waals surface area (Å²) in [7, 11) is 0. The average Bonchev–Trinajstić information content (AvgIpc) is 4.02. The Morgan fingerprint density at radius 1 is 0.385 bits per heavy atom. The molecule has 3 aromatic heterocycles. The van der Waals surface area contributed by atoms with E-state index in [1.54, 1.807) is 0 Å². The van der Waals surface area contributed by atoms with Crippen LogP contribution in [-0.2, 0) is 6.42 Å². The minimum atomic E-state index is 0.310. The zero-order valence-electron chi connectivity index (χ0n) is 35.4. The summed E-state index contributed by atoms with van der Waals surface area (Å²) in [6.45, 7) is 0. The van der Waals surface area contributed by atoms with E-state index in [-0.39, 0.29) is 0 Å². The number of benzene rings is 9. The van der Waals surface area contributed by atoms with Gasteiger partial charge in [-0.25, -0.2) is 15.0 Å². The topological polar surface area (TPSA) is 43.6 Å². The lowest BCUT2D eigenvalue weighted by molar-refractivity contribution is 0.730. The highest BCUT2D eigenvalue weighted by Gasteiger charge is 2.29. The van der Waals surface area contributed by atoms with Gasteiger partial charge in [0.25, 0.3) is 0 Å². The quantitative estimate of drug-likeness (QED) is 0.153. The molecule has 0 fully saturated rings. The standard InChI is InChI=1S/C60H40N4S/c1-4-15-39(16-5-1)42-29-32-48-46-24-11-10-23-45(46)47(51(48)35-42)30-27-38-28-31-49-52-36-53-50-25-12-13-26-56(50)65-57(53)37-55(52)64(54(49)33-38)44-22-14-21-43(34-44)60-62-58(40-17-6-2-7-18-40)61-59(63-60)41-19-8-3-9-20-41/h1-26,28-29,31-37,47H,27,30H2. The number of hydrogen-bond acceptors (Lipinski definition) is 4. The van der Waals surface area contributed by atoms with Crippen LogP contribution >= 0.6 is 11.3 Å². The summed E-state index contributed by atoms with van der Waals surface area (Å²) < 4.78 is 5.05. The molecule has 0 bridgehead atoms. The molecule has 1 aliphatic carbocycles. The minimum Gasteiger partial charge on any atom is -0.309 e. The highest BCUT2D eigenvalue weighted by molar-refractivity contribution is 7.25. The first-order valence-corrected chi connectivity index (χ1v) is 23.2. The fraction of sp³-hybridized carbons (Fsp3) is 0.0500. The van der Waals surface area contributed by atoms with Gasteiger partial charge in [-0.3, -0.25) is 0 Å². The lowest BCUT2D eigenvalue weighted by atomic mass is 9.89. The molecule has 0 N–H and O–H groups in total. The van der Waals surface area contributed by atoms with E-state index in [4.69, 9.17) is 15.0 Å². The Hall–Kier alpha value is -7.99. The molecule has 0 spiro atoms. The van der Waals surface area contributed by atoms with Gasteiger partial charge in [0, 0.05) is 59.2 Å². The monoisotopic (exact) mass is 848 g/mol. The molecule has 1 atom stereocenters. The summed E-state index contributed by atoms with van der Waals surface area (Å²) in [5.74, 6) is 2.25. The average molecular weight is 849 g/mol. The van der Waals surface area contributed by atoms with E-state index in [1.165, 1.54) is 80.9 Å². The second-order valence-corrected chi connectivity index (χ2v) is 18.2. The molecule has 306 valence electrons. The fourth-order valence-electron chi connectivity index (χ4n) is 10.2. The van der Waals surface area contributed by atoms with Crippen molar-refractivity contribution in [3.8, 4) is 62.1 Å². The normalized spacial score (nSPS) is 13.2. The minimum absolute atomic E-state index is 0.310. The first-order valence-electron chi connectivity index (χ1n) is 22.3. The van der Waals surface area contributed by atoms with Crippen molar-refractivity contribution in [2.75, 3.05) is 0 Å². The number of rotatable bonds is 8. The molecule has 0 saturated heterocycles. The summed E-state index contributed by atoms with van der Waals surface area (Å²) in [6, 6.07) is 76.7. The fourth-order valence-corrected chi connectivity index (χ4v) is 11.3. The molecule has 12 aromatic rings. The molecule has 3 heterocycles. The van der Waals surface area contributed by atoms with E-state index >= 15 is 0 Å². The molecular weight excluding hydrogens is 809 g/mol. The summed E-state index contributed by atoms with van der Waals surface area (Å²) >= 11 is 1.86. The van der Waals surface area contributed by atoms with Crippen molar-refractivity contribution in [3.05, 3.63) is 229 Å². The number of nitrogens with zero attached hydrogens (tertiary/aromatic N) is 4. The van der Waals surface area contributed by atoms with Crippen LogP contribution in [0.3, 0.4) is 0 Å². The molecule has 5 heteroatoms. The molecule has 0 aliphatic heterocycles. The van der Waals surface area contributed by atoms with Crippen molar-refractivity contribution in [3.63, 3.8) is 0 Å². The van der Waals surface area contributed by atoms with Crippen LogP contribution in [0, 0.1) is 0 Å². The van der Waals surface area contributed by atoms with E-state index in [1.807, 2.05) is 47.7 Å². The molecule has 1 unspecified atom stereocenters. The molecule has 4 nitrogen and oxygen atoms in total. The molecule has 0 amide bonds. The highest BCUT2D eigenvalue weighted by Crippen LogP contribution is 2.48. The van der Waals surface area contributed by atoms with Gasteiger partial charge in [0.15, 0.2) is 17.5 Å². The number of fused-ring (bicyclic) bond motifs is 9. The largest absolute Gasteiger partial charge is 0.309 e. The van der Waals surface area contributed by atoms with Gasteiger partial charge in [0.1, 0.15) is 0 Å². The second-order valence-electron chi connectivity index (χ2n) is 17.1. The van der Waals surface area contributed by atoms with Gasteiger partial charge in [-0.05, 0) is 94.3 Å². The van der Waals surface area contributed by atoms with Gasteiger partial charge in [-0.15, -0.1) is 11.3 Å². The smallest absolute Gasteiger partial charge is 0.164 e. The maximum Gasteiger partial charge on any atom is 0.164 e. The predicted molar refractivity (Wildman–Crippen MR) is 271 cm³/mol. The van der Waals surface area contributed by atoms with Crippen molar-refractivity contribution in [2.45, 2.75) is 18.8 Å². The molecule has 0 saturated carbocycles. The summed E-state index contributed by atoms with van der Waals surface area (Å²) in [5.41, 5.74) is 15.7. The van der Waals surface area contributed by atoms with Crippen LogP contribution in [0.15, 0.2) is 212 Å². The van der Waals surface area contributed by atoms with E-state index < -0.39 is 0 Å². The summed E-state index contributed by atoms with van der Waals surface area (Å²) in [4.78, 5) is 15.2. The van der Waals surface area contributed by atoms with Crippen molar-refractivity contribution in [2.24, 2.45) is 0 Å². The Morgan fingerprint density at radius 2 is 1.02 bits per heavy atom. The van der Waals surface area contributed by atoms with Crippen molar-refractivity contribution in [1.29, 1.82) is 0 Å². The van der Waals surface area contributed by atoms with Crippen molar-refractivity contribution < 1.29 is 0 Å². The number of aryl methyl sites for hydroxylation is 1. The SMILES string of the molecule is c1ccc(-c2ccc3c(c2)C(CCc2ccc4c5cc6c(cc5n(-c5cccc(-c7nc(-c8ccccc8)nc(-c8ccccc8)n7)c5)c4c2)sc2ccccc26)c2ccccc2-3)cc1. The van der Waals surface area contributed by atoms with Crippen LogP contribution in [0.5, 0.6) is 0 Å². The van der Waals surface area contributed by atoms with Gasteiger partial charge in [0.2, 0.25) is 0 Å². The van der Waals surface area contributed by atoms with Crippen LogP contribution in [0.25, 0.3) is 104 Å². The Kier molecular flexibility index (Phi) is 8.88. The number of thiophene rings is 1. The maximum atomic E-state index is 5.11. The van der Waals surface area contributed by atoms with Gasteiger partial charge in [0.05, 0.1) is 11.0 Å². The molecule has 1 aliphatic rings. The van der Waals surface area contributed by atoms with Crippen LogP contribution < -0.4 is 0 Å². The molecule has 0 radical (unpaired) electrons. The van der Waals surface area contributed by atoms with Gasteiger partial charge in [-0.2, -0.15) is 0 Å². The zero-order valence-corrected chi connectivity index (χ0v) is 36.2. The lowest BCUT2D eigenvalue weighted by Gasteiger charge is -2.15. The molecular formula is C60H40N4S. The second kappa shape index (κ2) is 15.4. The predicted octanol–water partition coefficient (Wildman–Crippen LogP) is 15.7. The van der Waals surface area contributed by atoms with Crippen LogP contribution in [0.4, 0.5) is 0 Å². The first-order chi connectivity index (χ1) is 32.2. The third-order valence-corrected chi connectivity index (χ3v) is 14.4. The Labute approximate surface area is 380 Å².